The number of anilines is 1. The van der Waals surface area contributed by atoms with Crippen LogP contribution in [0.2, 0.25) is 0 Å². The average Bonchev–Trinajstić information content (AvgIpc) is 3.61. The standard InChI is InChI=1S/C27H32N6O6S/c1-17-21(32-39-31-17)14-29-25-27(38)33(12-11-28-25)24(19-9-5-6-10-19)26(37)30-20(13-23(35)36)22(34)16-40-15-18-7-3-2-4-8-18/h2-4,7-8,11-12,19-20,24H,5-6,9-10,13-16H2,1H3,(H,28,29)(H,30,37)(H,35,36)/t20-,24?/m0/s1. The lowest BCUT2D eigenvalue weighted by molar-refractivity contribution is -0.140. The van der Waals surface area contributed by atoms with E-state index in [9.17, 15) is 24.3 Å². The molecule has 1 fully saturated rings. The molecule has 3 aromatic rings. The van der Waals surface area contributed by atoms with Crippen LogP contribution in [0.25, 0.3) is 0 Å². The molecule has 3 N–H and O–H groups in total. The average molecular weight is 569 g/mol. The molecule has 1 aliphatic carbocycles. The van der Waals surface area contributed by atoms with E-state index in [2.05, 4.69) is 30.6 Å². The monoisotopic (exact) mass is 568 g/mol. The first-order valence-electron chi connectivity index (χ1n) is 13.1. The number of benzene rings is 1. The molecule has 4 rings (SSSR count). The molecular weight excluding hydrogens is 536 g/mol. The molecule has 0 spiro atoms. The minimum atomic E-state index is -1.21. The third kappa shape index (κ3) is 7.56. The van der Waals surface area contributed by atoms with E-state index in [-0.39, 0.29) is 29.8 Å². The van der Waals surface area contributed by atoms with Crippen LogP contribution in [0, 0.1) is 12.8 Å². The number of nitrogens with zero attached hydrogens (tertiary/aromatic N) is 4. The van der Waals surface area contributed by atoms with Crippen LogP contribution in [0.4, 0.5) is 5.82 Å². The molecule has 2 aromatic heterocycles. The van der Waals surface area contributed by atoms with Crippen molar-refractivity contribution in [3.63, 3.8) is 0 Å². The summed E-state index contributed by atoms with van der Waals surface area (Å²) in [7, 11) is 0. The summed E-state index contributed by atoms with van der Waals surface area (Å²) >= 11 is 1.35. The third-order valence-electron chi connectivity index (χ3n) is 6.89. The van der Waals surface area contributed by atoms with Crippen LogP contribution in [0.3, 0.4) is 0 Å². The Labute approximate surface area is 234 Å². The van der Waals surface area contributed by atoms with E-state index >= 15 is 0 Å². The number of aromatic nitrogens is 4. The number of Topliss-reactive ketones (excluding diaryl/α,β-unsaturated/α-hetero) is 1. The van der Waals surface area contributed by atoms with Gasteiger partial charge in [0.05, 0.1) is 24.8 Å². The molecular formula is C27H32N6O6S. The molecule has 40 heavy (non-hydrogen) atoms. The van der Waals surface area contributed by atoms with E-state index < -0.39 is 35.9 Å². The highest BCUT2D eigenvalue weighted by atomic mass is 32.2. The van der Waals surface area contributed by atoms with E-state index in [0.29, 0.717) is 17.1 Å². The summed E-state index contributed by atoms with van der Waals surface area (Å²) < 4.78 is 6.01. The first kappa shape index (κ1) is 29.0. The maximum absolute atomic E-state index is 13.7. The summed E-state index contributed by atoms with van der Waals surface area (Å²) in [5, 5.41) is 22.6. The van der Waals surface area contributed by atoms with Crippen LogP contribution in [-0.2, 0) is 26.7 Å². The number of hydrogen-bond donors (Lipinski definition) is 3. The first-order valence-corrected chi connectivity index (χ1v) is 14.2. The number of aryl methyl sites for hydroxylation is 1. The zero-order chi connectivity index (χ0) is 28.5. The van der Waals surface area contributed by atoms with Gasteiger partial charge in [-0.25, -0.2) is 9.61 Å². The SMILES string of the molecule is Cc1nonc1CNc1nccn(C(C(=O)N[C@@H](CC(=O)O)C(=O)CSCc2ccccc2)C2CCCC2)c1=O. The Morgan fingerprint density at radius 1 is 1.18 bits per heavy atom. The van der Waals surface area contributed by atoms with Crippen molar-refractivity contribution in [2.45, 2.75) is 63.4 Å². The number of carboxylic acids is 1. The van der Waals surface area contributed by atoms with E-state index in [4.69, 9.17) is 0 Å². The lowest BCUT2D eigenvalue weighted by atomic mass is 9.96. The summed E-state index contributed by atoms with van der Waals surface area (Å²) in [6, 6.07) is 7.47. The highest BCUT2D eigenvalue weighted by Crippen LogP contribution is 2.34. The van der Waals surface area contributed by atoms with Crippen molar-refractivity contribution >= 4 is 35.2 Å². The number of thioether (sulfide) groups is 1. The van der Waals surface area contributed by atoms with E-state index in [1.165, 1.54) is 28.7 Å². The van der Waals surface area contributed by atoms with Crippen molar-refractivity contribution in [2.75, 3.05) is 11.1 Å². The van der Waals surface area contributed by atoms with Gasteiger partial charge < -0.3 is 15.7 Å². The fourth-order valence-corrected chi connectivity index (χ4v) is 5.74. The molecule has 2 heterocycles. The second kappa shape index (κ2) is 13.9. The predicted molar refractivity (Wildman–Crippen MR) is 148 cm³/mol. The maximum atomic E-state index is 13.7. The Balaban J connectivity index is 1.50. The van der Waals surface area contributed by atoms with Crippen LogP contribution in [0.1, 0.15) is 55.1 Å². The van der Waals surface area contributed by atoms with Gasteiger partial charge in [-0.1, -0.05) is 53.5 Å². The van der Waals surface area contributed by atoms with Gasteiger partial charge in [0, 0.05) is 18.1 Å². The van der Waals surface area contributed by atoms with Crippen molar-refractivity contribution in [1.82, 2.24) is 25.2 Å². The fourth-order valence-electron chi connectivity index (χ4n) is 4.80. The number of carbonyl (C=O) groups is 3. The molecule has 0 aliphatic heterocycles. The van der Waals surface area contributed by atoms with Gasteiger partial charge in [-0.3, -0.25) is 23.7 Å². The van der Waals surface area contributed by atoms with Crippen molar-refractivity contribution in [1.29, 1.82) is 0 Å². The van der Waals surface area contributed by atoms with E-state index in [1.54, 1.807) is 6.92 Å². The maximum Gasteiger partial charge on any atom is 0.305 e. The molecule has 0 bridgehead atoms. The molecule has 13 heteroatoms. The van der Waals surface area contributed by atoms with Crippen molar-refractivity contribution in [3.8, 4) is 0 Å². The highest BCUT2D eigenvalue weighted by Gasteiger charge is 2.35. The summed E-state index contributed by atoms with van der Waals surface area (Å²) in [6.07, 6.45) is 5.59. The summed E-state index contributed by atoms with van der Waals surface area (Å²) in [5.41, 5.74) is 1.62. The minimum absolute atomic E-state index is 0.0242. The first-order chi connectivity index (χ1) is 19.3. The van der Waals surface area contributed by atoms with Gasteiger partial charge in [0.1, 0.15) is 17.4 Å². The van der Waals surface area contributed by atoms with Crippen LogP contribution >= 0.6 is 11.8 Å². The number of amides is 1. The normalized spacial score (nSPS) is 14.9. The third-order valence-corrected chi connectivity index (χ3v) is 7.92. The zero-order valence-corrected chi connectivity index (χ0v) is 22.9. The Bertz CT molecular complexity index is 1370. The number of nitrogens with one attached hydrogen (secondary N) is 2. The Morgan fingerprint density at radius 2 is 1.93 bits per heavy atom. The summed E-state index contributed by atoms with van der Waals surface area (Å²) in [5.74, 6) is -1.65. The Morgan fingerprint density at radius 3 is 2.60 bits per heavy atom. The van der Waals surface area contributed by atoms with Gasteiger partial charge in [0.2, 0.25) is 5.91 Å². The second-order valence-electron chi connectivity index (χ2n) is 9.73. The lowest BCUT2D eigenvalue weighted by Gasteiger charge is -2.27. The van der Waals surface area contributed by atoms with Gasteiger partial charge in [0.25, 0.3) is 5.56 Å². The highest BCUT2D eigenvalue weighted by molar-refractivity contribution is 7.99. The van der Waals surface area contributed by atoms with Gasteiger partial charge in [-0.05, 0) is 31.2 Å². The number of carbonyl (C=O) groups excluding carboxylic acids is 2. The van der Waals surface area contributed by atoms with Gasteiger partial charge in [-0.2, -0.15) is 0 Å². The minimum Gasteiger partial charge on any atom is -0.481 e. The zero-order valence-electron chi connectivity index (χ0n) is 22.1. The topological polar surface area (TPSA) is 169 Å². The molecule has 0 saturated heterocycles. The summed E-state index contributed by atoms with van der Waals surface area (Å²) in [6.45, 7) is 1.87. The Kier molecular flexibility index (Phi) is 10.1. The largest absolute Gasteiger partial charge is 0.481 e. The molecule has 212 valence electrons. The number of carboxylic acid groups (broad SMARTS) is 1. The molecule has 1 saturated carbocycles. The molecule has 2 atom stereocenters. The molecule has 12 nitrogen and oxygen atoms in total. The molecule has 1 amide bonds. The smallest absolute Gasteiger partial charge is 0.305 e. The summed E-state index contributed by atoms with van der Waals surface area (Å²) in [4.78, 5) is 55.8. The van der Waals surface area contributed by atoms with Crippen LogP contribution < -0.4 is 16.2 Å². The van der Waals surface area contributed by atoms with Crippen molar-refractivity contribution in [2.24, 2.45) is 5.92 Å². The van der Waals surface area contributed by atoms with Crippen LogP contribution in [0.15, 0.2) is 52.1 Å². The number of hydrogen-bond acceptors (Lipinski definition) is 10. The molecule has 1 unspecified atom stereocenters. The van der Waals surface area contributed by atoms with Gasteiger partial charge in [0.15, 0.2) is 11.6 Å². The Hall–Kier alpha value is -4.00. The van der Waals surface area contributed by atoms with Crippen molar-refractivity contribution in [3.05, 3.63) is 70.0 Å². The number of aliphatic carboxylic acids is 1. The van der Waals surface area contributed by atoms with Crippen molar-refractivity contribution < 1.29 is 24.1 Å². The molecule has 1 aromatic carbocycles. The molecule has 0 radical (unpaired) electrons. The second-order valence-corrected chi connectivity index (χ2v) is 10.7. The van der Waals surface area contributed by atoms with E-state index in [1.807, 2.05) is 30.3 Å². The number of ketones is 1. The van der Waals surface area contributed by atoms with E-state index in [0.717, 1.165) is 31.2 Å². The van der Waals surface area contributed by atoms with Crippen LogP contribution in [-0.4, -0.2) is 54.4 Å². The van der Waals surface area contributed by atoms with Crippen LogP contribution in [0.5, 0.6) is 0 Å². The quantitative estimate of drug-likeness (QED) is 0.261. The fraction of sp³-hybridized carbons (Fsp3) is 0.444. The lowest BCUT2D eigenvalue weighted by Crippen LogP contribution is -2.48. The van der Waals surface area contributed by atoms with Gasteiger partial charge in [-0.15, -0.1) is 11.8 Å². The molecule has 1 aliphatic rings. The number of rotatable bonds is 14. The predicted octanol–water partition coefficient (Wildman–Crippen LogP) is 2.74. The van der Waals surface area contributed by atoms with Gasteiger partial charge >= 0.3 is 5.97 Å².